The van der Waals surface area contributed by atoms with E-state index >= 15 is 0 Å². The summed E-state index contributed by atoms with van der Waals surface area (Å²) in [7, 11) is -1.85. The van der Waals surface area contributed by atoms with E-state index in [0.29, 0.717) is 35.5 Å². The van der Waals surface area contributed by atoms with Crippen LogP contribution in [0.1, 0.15) is 20.3 Å². The molecule has 1 aromatic rings. The summed E-state index contributed by atoms with van der Waals surface area (Å²) in [5.74, 6) is 0.576. The zero-order valence-electron chi connectivity index (χ0n) is 11.9. The quantitative estimate of drug-likeness (QED) is 0.722. The highest BCUT2D eigenvalue weighted by molar-refractivity contribution is 7.92. The molecule has 0 spiro atoms. The first-order chi connectivity index (χ1) is 9.34. The fourth-order valence-electron chi connectivity index (χ4n) is 1.61. The summed E-state index contributed by atoms with van der Waals surface area (Å²) in [4.78, 5) is 0. The predicted molar refractivity (Wildman–Crippen MR) is 83.2 cm³/mol. The smallest absolute Gasteiger partial charge is 0.232 e. The fraction of sp³-hybridized carbons (Fsp3) is 0.538. The number of benzene rings is 1. The van der Waals surface area contributed by atoms with E-state index in [9.17, 15) is 8.42 Å². The van der Waals surface area contributed by atoms with Crippen molar-refractivity contribution in [3.8, 4) is 5.75 Å². The van der Waals surface area contributed by atoms with Crippen molar-refractivity contribution in [2.45, 2.75) is 26.3 Å². The number of anilines is 1. The van der Waals surface area contributed by atoms with Crippen molar-refractivity contribution in [1.82, 2.24) is 5.32 Å². The van der Waals surface area contributed by atoms with Gasteiger partial charge in [0.2, 0.25) is 10.0 Å². The van der Waals surface area contributed by atoms with Gasteiger partial charge in [-0.05, 0) is 31.2 Å². The van der Waals surface area contributed by atoms with Gasteiger partial charge in [-0.3, -0.25) is 4.72 Å². The van der Waals surface area contributed by atoms with E-state index in [4.69, 9.17) is 16.3 Å². The molecule has 20 heavy (non-hydrogen) atoms. The Morgan fingerprint density at radius 2 is 2.05 bits per heavy atom. The molecule has 2 N–H and O–H groups in total. The lowest BCUT2D eigenvalue weighted by Crippen LogP contribution is -2.26. The van der Waals surface area contributed by atoms with Crippen LogP contribution in [0.5, 0.6) is 5.75 Å². The molecule has 0 fully saturated rings. The Morgan fingerprint density at radius 3 is 2.60 bits per heavy atom. The van der Waals surface area contributed by atoms with E-state index in [1.807, 2.05) is 13.8 Å². The third-order valence-corrected chi connectivity index (χ3v) is 4.24. The SMILES string of the molecule is COc1ccc(NS(=O)(=O)CCCNC(C)C)cc1Cl. The summed E-state index contributed by atoms with van der Waals surface area (Å²) < 4.78 is 31.3. The van der Waals surface area contributed by atoms with Crippen molar-refractivity contribution < 1.29 is 13.2 Å². The number of nitrogens with one attached hydrogen (secondary N) is 2. The molecule has 0 radical (unpaired) electrons. The maximum absolute atomic E-state index is 11.9. The normalized spacial score (nSPS) is 11.7. The van der Waals surface area contributed by atoms with Gasteiger partial charge in [-0.25, -0.2) is 8.42 Å². The first kappa shape index (κ1) is 17.1. The number of hydrogen-bond acceptors (Lipinski definition) is 4. The van der Waals surface area contributed by atoms with Crippen LogP contribution in [-0.4, -0.2) is 33.9 Å². The zero-order chi connectivity index (χ0) is 15.2. The van der Waals surface area contributed by atoms with Gasteiger partial charge >= 0.3 is 0 Å². The largest absolute Gasteiger partial charge is 0.495 e. The molecule has 1 aromatic carbocycles. The fourth-order valence-corrected chi connectivity index (χ4v) is 2.98. The molecule has 0 bridgehead atoms. The van der Waals surface area contributed by atoms with E-state index in [1.165, 1.54) is 13.2 Å². The lowest BCUT2D eigenvalue weighted by atomic mass is 10.3. The maximum Gasteiger partial charge on any atom is 0.232 e. The highest BCUT2D eigenvalue weighted by Gasteiger charge is 2.11. The summed E-state index contributed by atoms with van der Waals surface area (Å²) in [5.41, 5.74) is 0.438. The molecular weight excluding hydrogens is 300 g/mol. The van der Waals surface area contributed by atoms with E-state index in [-0.39, 0.29) is 5.75 Å². The Morgan fingerprint density at radius 1 is 1.35 bits per heavy atom. The minimum absolute atomic E-state index is 0.0658. The van der Waals surface area contributed by atoms with Crippen molar-refractivity contribution >= 4 is 27.3 Å². The van der Waals surface area contributed by atoms with Gasteiger partial charge in [0.25, 0.3) is 0 Å². The van der Waals surface area contributed by atoms with Gasteiger partial charge in [0.1, 0.15) is 5.75 Å². The van der Waals surface area contributed by atoms with Gasteiger partial charge in [0, 0.05) is 6.04 Å². The standard InChI is InChI=1S/C13H21ClN2O3S/c1-10(2)15-7-4-8-20(17,18)16-11-5-6-13(19-3)12(14)9-11/h5-6,9-10,15-16H,4,7-8H2,1-3H3. The molecule has 0 aliphatic rings. The van der Waals surface area contributed by atoms with Crippen LogP contribution < -0.4 is 14.8 Å². The molecule has 0 amide bonds. The van der Waals surface area contributed by atoms with Crippen LogP contribution in [0.2, 0.25) is 5.02 Å². The molecule has 0 aliphatic carbocycles. The molecule has 0 saturated carbocycles. The summed E-state index contributed by atoms with van der Waals surface area (Å²) in [6, 6.07) is 5.13. The molecule has 0 aliphatic heterocycles. The second kappa shape index (κ2) is 7.71. The van der Waals surface area contributed by atoms with Crippen LogP contribution in [0.25, 0.3) is 0 Å². The maximum atomic E-state index is 11.9. The summed E-state index contributed by atoms with van der Waals surface area (Å²) in [5, 5.41) is 3.55. The van der Waals surface area contributed by atoms with Crippen LogP contribution in [0, 0.1) is 0 Å². The Bertz CT molecular complexity index is 532. The highest BCUT2D eigenvalue weighted by atomic mass is 35.5. The highest BCUT2D eigenvalue weighted by Crippen LogP contribution is 2.27. The molecule has 0 saturated heterocycles. The third kappa shape index (κ3) is 5.98. The number of halogens is 1. The molecule has 0 heterocycles. The minimum atomic E-state index is -3.36. The molecule has 0 aromatic heterocycles. The molecule has 5 nitrogen and oxygen atoms in total. The Balaban J connectivity index is 2.55. The van der Waals surface area contributed by atoms with Crippen LogP contribution in [0.15, 0.2) is 18.2 Å². The number of hydrogen-bond donors (Lipinski definition) is 2. The minimum Gasteiger partial charge on any atom is -0.495 e. The van der Waals surface area contributed by atoms with E-state index in [0.717, 1.165) is 0 Å². The van der Waals surface area contributed by atoms with Gasteiger partial charge in [-0.1, -0.05) is 25.4 Å². The number of ether oxygens (including phenoxy) is 1. The van der Waals surface area contributed by atoms with Gasteiger partial charge in [-0.15, -0.1) is 0 Å². The summed E-state index contributed by atoms with van der Waals surface area (Å²) >= 11 is 5.95. The predicted octanol–water partition coefficient (Wildman–Crippen LogP) is 2.48. The van der Waals surface area contributed by atoms with Gasteiger partial charge in [0.05, 0.1) is 23.6 Å². The average molecular weight is 321 g/mol. The van der Waals surface area contributed by atoms with Crippen LogP contribution in [-0.2, 0) is 10.0 Å². The molecule has 1 rings (SSSR count). The topological polar surface area (TPSA) is 67.4 Å². The Labute approximate surface area is 125 Å². The lowest BCUT2D eigenvalue weighted by Gasteiger charge is -2.11. The Kier molecular flexibility index (Phi) is 6.58. The monoisotopic (exact) mass is 320 g/mol. The summed E-state index contributed by atoms with van der Waals surface area (Å²) in [6.07, 6.45) is 0.553. The first-order valence-electron chi connectivity index (χ1n) is 6.41. The number of rotatable bonds is 8. The van der Waals surface area contributed by atoms with Crippen molar-refractivity contribution in [3.05, 3.63) is 23.2 Å². The third-order valence-electron chi connectivity index (χ3n) is 2.57. The number of methoxy groups -OCH3 is 1. The molecule has 114 valence electrons. The molecule has 0 unspecified atom stereocenters. The molecule has 7 heteroatoms. The van der Waals surface area contributed by atoms with Crippen molar-refractivity contribution in [2.24, 2.45) is 0 Å². The van der Waals surface area contributed by atoms with Crippen LogP contribution in [0.4, 0.5) is 5.69 Å². The second-order valence-corrected chi connectivity index (χ2v) is 6.98. The average Bonchev–Trinajstić information content (AvgIpc) is 2.34. The zero-order valence-corrected chi connectivity index (χ0v) is 13.5. The molecular formula is C13H21ClN2O3S. The van der Waals surface area contributed by atoms with E-state index in [1.54, 1.807) is 12.1 Å². The summed E-state index contributed by atoms with van der Waals surface area (Å²) in [6.45, 7) is 4.71. The van der Waals surface area contributed by atoms with E-state index in [2.05, 4.69) is 10.0 Å². The van der Waals surface area contributed by atoms with Gasteiger partial charge < -0.3 is 10.1 Å². The second-order valence-electron chi connectivity index (χ2n) is 4.73. The first-order valence-corrected chi connectivity index (χ1v) is 8.44. The van der Waals surface area contributed by atoms with E-state index < -0.39 is 10.0 Å². The lowest BCUT2D eigenvalue weighted by molar-refractivity contribution is 0.415. The van der Waals surface area contributed by atoms with Crippen LogP contribution in [0.3, 0.4) is 0 Å². The number of sulfonamides is 1. The van der Waals surface area contributed by atoms with Crippen molar-refractivity contribution in [2.75, 3.05) is 24.1 Å². The van der Waals surface area contributed by atoms with Gasteiger partial charge in [0.15, 0.2) is 0 Å². The Hall–Kier alpha value is -0.980. The van der Waals surface area contributed by atoms with Crippen molar-refractivity contribution in [3.63, 3.8) is 0 Å². The van der Waals surface area contributed by atoms with Gasteiger partial charge in [-0.2, -0.15) is 0 Å². The van der Waals surface area contributed by atoms with Crippen LogP contribution >= 0.6 is 11.6 Å². The van der Waals surface area contributed by atoms with Crippen molar-refractivity contribution in [1.29, 1.82) is 0 Å². The molecule has 0 atom stereocenters.